The van der Waals surface area contributed by atoms with Gasteiger partial charge in [0, 0.05) is 5.69 Å². The number of nitrogens with one attached hydrogen (secondary N) is 2. The molecule has 0 bridgehead atoms. The van der Waals surface area contributed by atoms with Crippen LogP contribution in [0.3, 0.4) is 0 Å². The maximum atomic E-state index is 12.3. The molecule has 0 saturated heterocycles. The third kappa shape index (κ3) is 3.69. The van der Waals surface area contributed by atoms with Gasteiger partial charge in [-0.1, -0.05) is 12.1 Å². The number of amides is 2. The Morgan fingerprint density at radius 3 is 2.54 bits per heavy atom. The minimum atomic E-state index is -0.747. The van der Waals surface area contributed by atoms with Crippen molar-refractivity contribution in [1.82, 2.24) is 9.97 Å². The Labute approximate surface area is 148 Å². The van der Waals surface area contributed by atoms with Gasteiger partial charge in [0.05, 0.1) is 16.5 Å². The number of hydrogen-bond donors (Lipinski definition) is 3. The number of benzene rings is 2. The van der Waals surface area contributed by atoms with Crippen LogP contribution in [-0.4, -0.2) is 22.0 Å². The first-order valence-corrected chi connectivity index (χ1v) is 7.80. The second-order valence-corrected chi connectivity index (χ2v) is 5.58. The standard InChI is InChI=1S/C18H16N4O4/c1-10(15-21-14-5-3-2-4-13(14)16(23)22-15)26-17(24)11-6-8-12(9-7-11)20-18(19)25/h2-10H,1H3,(H3,19,20,25)(H,21,22,23)/t10-/m1/s1. The molecule has 0 aliphatic carbocycles. The molecule has 0 aliphatic heterocycles. The molecule has 0 aliphatic rings. The number of ether oxygens (including phenoxy) is 1. The molecule has 1 atom stereocenters. The molecule has 3 rings (SSSR count). The molecular weight excluding hydrogens is 336 g/mol. The summed E-state index contributed by atoms with van der Waals surface area (Å²) in [4.78, 5) is 42.1. The lowest BCUT2D eigenvalue weighted by Crippen LogP contribution is -2.19. The second kappa shape index (κ2) is 7.06. The van der Waals surface area contributed by atoms with E-state index in [2.05, 4.69) is 15.3 Å². The summed E-state index contributed by atoms with van der Waals surface area (Å²) in [7, 11) is 0. The number of nitrogens with zero attached hydrogens (tertiary/aromatic N) is 1. The van der Waals surface area contributed by atoms with E-state index in [1.54, 1.807) is 31.2 Å². The molecule has 26 heavy (non-hydrogen) atoms. The second-order valence-electron chi connectivity index (χ2n) is 5.58. The molecular formula is C18H16N4O4. The zero-order valence-electron chi connectivity index (χ0n) is 13.9. The van der Waals surface area contributed by atoms with Crippen molar-refractivity contribution in [3.05, 3.63) is 70.3 Å². The Hall–Kier alpha value is -3.68. The molecule has 0 saturated carbocycles. The van der Waals surface area contributed by atoms with E-state index >= 15 is 0 Å². The van der Waals surface area contributed by atoms with Crippen molar-refractivity contribution >= 4 is 28.6 Å². The average Bonchev–Trinajstić information content (AvgIpc) is 2.61. The molecule has 0 unspecified atom stereocenters. The first-order chi connectivity index (χ1) is 12.4. The van der Waals surface area contributed by atoms with Crippen molar-refractivity contribution in [2.45, 2.75) is 13.0 Å². The number of carbonyl (C=O) groups excluding carboxylic acids is 2. The fraction of sp³-hybridized carbons (Fsp3) is 0.111. The molecule has 8 heteroatoms. The highest BCUT2D eigenvalue weighted by molar-refractivity contribution is 5.92. The van der Waals surface area contributed by atoms with Gasteiger partial charge >= 0.3 is 12.0 Å². The molecule has 132 valence electrons. The third-order valence-corrected chi connectivity index (χ3v) is 3.69. The summed E-state index contributed by atoms with van der Waals surface area (Å²) >= 11 is 0. The Kier molecular flexibility index (Phi) is 4.66. The van der Waals surface area contributed by atoms with E-state index in [4.69, 9.17) is 10.5 Å². The van der Waals surface area contributed by atoms with Gasteiger partial charge in [0.1, 0.15) is 0 Å². The van der Waals surface area contributed by atoms with Gasteiger partial charge in [-0.05, 0) is 43.3 Å². The predicted octanol–water partition coefficient (Wildman–Crippen LogP) is 2.33. The number of anilines is 1. The molecule has 8 nitrogen and oxygen atoms in total. The summed E-state index contributed by atoms with van der Waals surface area (Å²) < 4.78 is 5.36. The SMILES string of the molecule is C[C@@H](OC(=O)c1ccc(NC(N)=O)cc1)c1nc2ccccc2c(=O)[nH]1. The minimum absolute atomic E-state index is 0.258. The highest BCUT2D eigenvalue weighted by atomic mass is 16.5. The van der Waals surface area contributed by atoms with Crippen LogP contribution in [0.2, 0.25) is 0 Å². The van der Waals surface area contributed by atoms with Gasteiger partial charge in [0.25, 0.3) is 5.56 Å². The zero-order valence-corrected chi connectivity index (χ0v) is 13.9. The Morgan fingerprint density at radius 2 is 1.85 bits per heavy atom. The van der Waals surface area contributed by atoms with Crippen LogP contribution in [0.25, 0.3) is 10.9 Å². The van der Waals surface area contributed by atoms with Crippen LogP contribution < -0.4 is 16.6 Å². The average molecular weight is 352 g/mol. The number of primary amides is 1. The molecule has 0 spiro atoms. The molecule has 2 amide bonds. The molecule has 3 aromatic rings. The number of aromatic amines is 1. The van der Waals surface area contributed by atoms with E-state index < -0.39 is 18.1 Å². The van der Waals surface area contributed by atoms with Gasteiger partial charge in [0.2, 0.25) is 0 Å². The highest BCUT2D eigenvalue weighted by Crippen LogP contribution is 2.17. The lowest BCUT2D eigenvalue weighted by atomic mass is 10.2. The molecule has 2 aromatic carbocycles. The Bertz CT molecular complexity index is 1030. The van der Waals surface area contributed by atoms with Crippen molar-refractivity contribution in [2.24, 2.45) is 5.73 Å². The van der Waals surface area contributed by atoms with Gasteiger partial charge < -0.3 is 20.8 Å². The first-order valence-electron chi connectivity index (χ1n) is 7.80. The number of fused-ring (bicyclic) bond motifs is 1. The maximum absolute atomic E-state index is 12.3. The van der Waals surface area contributed by atoms with E-state index in [0.717, 1.165) is 0 Å². The van der Waals surface area contributed by atoms with Crippen LogP contribution in [-0.2, 0) is 4.74 Å². The van der Waals surface area contributed by atoms with Crippen LogP contribution in [0.4, 0.5) is 10.5 Å². The van der Waals surface area contributed by atoms with Gasteiger partial charge in [-0.15, -0.1) is 0 Å². The molecule has 1 heterocycles. The van der Waals surface area contributed by atoms with Crippen LogP contribution in [0.15, 0.2) is 53.3 Å². The minimum Gasteiger partial charge on any atom is -0.451 e. The third-order valence-electron chi connectivity index (χ3n) is 3.69. The fourth-order valence-corrected chi connectivity index (χ4v) is 2.41. The number of para-hydroxylation sites is 1. The van der Waals surface area contributed by atoms with Gasteiger partial charge in [-0.25, -0.2) is 14.6 Å². The van der Waals surface area contributed by atoms with Crippen molar-refractivity contribution in [2.75, 3.05) is 5.32 Å². The number of carbonyl (C=O) groups is 2. The smallest absolute Gasteiger partial charge is 0.338 e. The fourth-order valence-electron chi connectivity index (χ4n) is 2.41. The van der Waals surface area contributed by atoms with Crippen molar-refractivity contribution in [3.63, 3.8) is 0 Å². The number of urea groups is 1. The Morgan fingerprint density at radius 1 is 1.15 bits per heavy atom. The quantitative estimate of drug-likeness (QED) is 0.621. The van der Waals surface area contributed by atoms with E-state index in [0.29, 0.717) is 16.6 Å². The predicted molar refractivity (Wildman–Crippen MR) is 95.8 cm³/mol. The van der Waals surface area contributed by atoms with Crippen LogP contribution in [0.5, 0.6) is 0 Å². The van der Waals surface area contributed by atoms with E-state index in [1.807, 2.05) is 0 Å². The summed E-state index contributed by atoms with van der Waals surface area (Å²) in [6.45, 7) is 1.62. The Balaban J connectivity index is 1.77. The highest BCUT2D eigenvalue weighted by Gasteiger charge is 2.17. The molecule has 0 radical (unpaired) electrons. The summed E-state index contributed by atoms with van der Waals surface area (Å²) in [5, 5.41) is 2.86. The van der Waals surface area contributed by atoms with E-state index in [9.17, 15) is 14.4 Å². The number of hydrogen-bond acceptors (Lipinski definition) is 5. The maximum Gasteiger partial charge on any atom is 0.338 e. The molecule has 4 N–H and O–H groups in total. The lowest BCUT2D eigenvalue weighted by molar-refractivity contribution is 0.0320. The molecule has 0 fully saturated rings. The van der Waals surface area contributed by atoms with Gasteiger partial charge in [-0.2, -0.15) is 0 Å². The largest absolute Gasteiger partial charge is 0.451 e. The zero-order chi connectivity index (χ0) is 18.7. The van der Waals surface area contributed by atoms with Crippen molar-refractivity contribution in [3.8, 4) is 0 Å². The lowest BCUT2D eigenvalue weighted by Gasteiger charge is -2.13. The van der Waals surface area contributed by atoms with Crippen LogP contribution in [0.1, 0.15) is 29.2 Å². The molecule has 1 aromatic heterocycles. The monoisotopic (exact) mass is 352 g/mol. The topological polar surface area (TPSA) is 127 Å². The van der Waals surface area contributed by atoms with Gasteiger partial charge in [0.15, 0.2) is 11.9 Å². The number of aromatic nitrogens is 2. The summed E-state index contributed by atoms with van der Waals surface area (Å²) in [5.74, 6) is -0.326. The van der Waals surface area contributed by atoms with Crippen LogP contribution in [0, 0.1) is 0 Å². The van der Waals surface area contributed by atoms with Crippen LogP contribution >= 0.6 is 0 Å². The van der Waals surface area contributed by atoms with Crippen molar-refractivity contribution in [1.29, 1.82) is 0 Å². The van der Waals surface area contributed by atoms with Crippen molar-refractivity contribution < 1.29 is 14.3 Å². The summed E-state index contributed by atoms with van der Waals surface area (Å²) in [6.07, 6.45) is -0.747. The summed E-state index contributed by atoms with van der Waals surface area (Å²) in [6, 6.07) is 12.3. The van der Waals surface area contributed by atoms with Gasteiger partial charge in [-0.3, -0.25) is 4.79 Å². The number of rotatable bonds is 4. The summed E-state index contributed by atoms with van der Waals surface area (Å²) in [5.41, 5.74) is 6.00. The normalized spacial score (nSPS) is 11.7. The number of esters is 1. The first kappa shape index (κ1) is 17.2. The number of nitrogens with two attached hydrogens (primary N) is 1. The van der Waals surface area contributed by atoms with E-state index in [1.165, 1.54) is 24.3 Å². The number of H-pyrrole nitrogens is 1. The van der Waals surface area contributed by atoms with E-state index in [-0.39, 0.29) is 16.9 Å².